The average molecular weight is 231 g/mol. The molecule has 0 radical (unpaired) electrons. The number of carboxylic acids is 1. The molecule has 0 atom stereocenters. The topological polar surface area (TPSA) is 40.5 Å². The van der Waals surface area contributed by atoms with Crippen LogP contribution in [-0.2, 0) is 0 Å². The molecule has 1 aromatic rings. The number of rotatable bonds is 5. The van der Waals surface area contributed by atoms with E-state index in [1.54, 1.807) is 12.1 Å². The van der Waals surface area contributed by atoms with Crippen molar-refractivity contribution in [2.45, 2.75) is 25.8 Å². The smallest absolute Gasteiger partial charge is 0.335 e. The molecule has 0 aliphatic heterocycles. The predicted molar refractivity (Wildman–Crippen MR) is 68.7 cm³/mol. The lowest BCUT2D eigenvalue weighted by Crippen LogP contribution is -2.26. The fraction of sp³-hybridized carbons (Fsp3) is 0.357. The summed E-state index contributed by atoms with van der Waals surface area (Å²) in [6, 6.07) is 5.90. The van der Waals surface area contributed by atoms with Gasteiger partial charge >= 0.3 is 5.97 Å². The molecule has 1 fully saturated rings. The van der Waals surface area contributed by atoms with Crippen LogP contribution in [-0.4, -0.2) is 23.7 Å². The molecule has 0 spiro atoms. The van der Waals surface area contributed by atoms with Crippen molar-refractivity contribution < 1.29 is 9.90 Å². The number of hydrogen-bond acceptors (Lipinski definition) is 2. The maximum atomic E-state index is 10.9. The van der Waals surface area contributed by atoms with Gasteiger partial charge in [-0.3, -0.25) is 0 Å². The summed E-state index contributed by atoms with van der Waals surface area (Å²) < 4.78 is 0. The van der Waals surface area contributed by atoms with Crippen molar-refractivity contribution in [3.8, 4) is 0 Å². The molecule has 1 aromatic carbocycles. The first-order valence-corrected chi connectivity index (χ1v) is 5.85. The lowest BCUT2D eigenvalue weighted by molar-refractivity contribution is 0.0697. The highest BCUT2D eigenvalue weighted by Crippen LogP contribution is 2.33. The van der Waals surface area contributed by atoms with Gasteiger partial charge in [0.25, 0.3) is 0 Å². The van der Waals surface area contributed by atoms with Gasteiger partial charge in [-0.05, 0) is 43.5 Å². The first-order valence-electron chi connectivity index (χ1n) is 5.85. The summed E-state index contributed by atoms with van der Waals surface area (Å²) in [5.41, 5.74) is 2.48. The van der Waals surface area contributed by atoms with Crippen LogP contribution < -0.4 is 4.90 Å². The van der Waals surface area contributed by atoms with E-state index in [9.17, 15) is 4.79 Å². The van der Waals surface area contributed by atoms with Crippen LogP contribution in [0, 0.1) is 6.92 Å². The van der Waals surface area contributed by atoms with E-state index in [0.717, 1.165) is 17.8 Å². The Morgan fingerprint density at radius 3 is 2.76 bits per heavy atom. The van der Waals surface area contributed by atoms with Crippen molar-refractivity contribution in [1.82, 2.24) is 0 Å². The largest absolute Gasteiger partial charge is 0.478 e. The van der Waals surface area contributed by atoms with Crippen LogP contribution in [0.3, 0.4) is 0 Å². The normalized spacial score (nSPS) is 14.4. The van der Waals surface area contributed by atoms with Gasteiger partial charge in [-0.1, -0.05) is 6.08 Å². The quantitative estimate of drug-likeness (QED) is 0.792. The summed E-state index contributed by atoms with van der Waals surface area (Å²) in [5, 5.41) is 8.93. The van der Waals surface area contributed by atoms with E-state index in [1.165, 1.54) is 12.8 Å². The molecule has 0 aromatic heterocycles. The van der Waals surface area contributed by atoms with Gasteiger partial charge in [0.2, 0.25) is 0 Å². The van der Waals surface area contributed by atoms with Gasteiger partial charge in [-0.15, -0.1) is 6.58 Å². The lowest BCUT2D eigenvalue weighted by atomic mass is 10.1. The molecular formula is C14H17NO2. The molecule has 2 rings (SSSR count). The molecule has 1 saturated carbocycles. The molecule has 1 N–H and O–H groups in total. The van der Waals surface area contributed by atoms with Gasteiger partial charge in [0.05, 0.1) is 5.56 Å². The van der Waals surface area contributed by atoms with Gasteiger partial charge in [0.1, 0.15) is 0 Å². The highest BCUT2D eigenvalue weighted by molar-refractivity contribution is 5.88. The Morgan fingerprint density at radius 1 is 1.59 bits per heavy atom. The Balaban J connectivity index is 2.30. The van der Waals surface area contributed by atoms with Crippen molar-refractivity contribution in [3.05, 3.63) is 42.0 Å². The van der Waals surface area contributed by atoms with E-state index in [1.807, 2.05) is 19.1 Å². The van der Waals surface area contributed by atoms with Crippen molar-refractivity contribution in [2.75, 3.05) is 11.4 Å². The number of aromatic carboxylic acids is 1. The van der Waals surface area contributed by atoms with E-state index in [-0.39, 0.29) is 0 Å². The van der Waals surface area contributed by atoms with E-state index in [0.29, 0.717) is 11.6 Å². The molecule has 1 aliphatic carbocycles. The number of carbonyl (C=O) groups is 1. The van der Waals surface area contributed by atoms with Crippen molar-refractivity contribution in [2.24, 2.45) is 0 Å². The average Bonchev–Trinajstić information content (AvgIpc) is 3.10. The van der Waals surface area contributed by atoms with E-state index < -0.39 is 5.97 Å². The Kier molecular flexibility index (Phi) is 3.18. The number of benzene rings is 1. The Morgan fingerprint density at radius 2 is 2.29 bits per heavy atom. The number of aryl methyl sites for hydroxylation is 1. The van der Waals surface area contributed by atoms with Crippen LogP contribution in [0.4, 0.5) is 5.69 Å². The van der Waals surface area contributed by atoms with E-state index in [4.69, 9.17) is 5.11 Å². The second-order valence-corrected chi connectivity index (χ2v) is 4.48. The van der Waals surface area contributed by atoms with Gasteiger partial charge in [0.15, 0.2) is 0 Å². The molecule has 3 nitrogen and oxygen atoms in total. The highest BCUT2D eigenvalue weighted by Gasteiger charge is 2.29. The van der Waals surface area contributed by atoms with Crippen LogP contribution >= 0.6 is 0 Å². The van der Waals surface area contributed by atoms with Gasteiger partial charge in [0, 0.05) is 18.3 Å². The molecule has 0 heterocycles. The fourth-order valence-electron chi connectivity index (χ4n) is 2.08. The number of nitrogens with zero attached hydrogens (tertiary/aromatic N) is 1. The molecule has 17 heavy (non-hydrogen) atoms. The standard InChI is InChI=1S/C14H17NO2/c1-3-8-15(12-5-6-12)13-7-4-11(14(16)17)9-10(13)2/h3-4,7,9,12H,1,5-6,8H2,2H3,(H,16,17). The van der Waals surface area contributed by atoms with Crippen LogP contribution in [0.5, 0.6) is 0 Å². The summed E-state index contributed by atoms with van der Waals surface area (Å²) in [7, 11) is 0. The van der Waals surface area contributed by atoms with Crippen LogP contribution in [0.2, 0.25) is 0 Å². The second-order valence-electron chi connectivity index (χ2n) is 4.48. The molecule has 0 saturated heterocycles. The minimum atomic E-state index is -0.874. The molecule has 0 amide bonds. The van der Waals surface area contributed by atoms with Crippen molar-refractivity contribution >= 4 is 11.7 Å². The minimum Gasteiger partial charge on any atom is -0.478 e. The first-order chi connectivity index (χ1) is 8.13. The third kappa shape index (κ3) is 2.49. The summed E-state index contributed by atoms with van der Waals surface area (Å²) in [4.78, 5) is 13.2. The molecule has 1 aliphatic rings. The molecule has 0 bridgehead atoms. The molecule has 3 heteroatoms. The third-order valence-electron chi connectivity index (χ3n) is 3.07. The maximum Gasteiger partial charge on any atom is 0.335 e. The Labute approximate surface area is 101 Å². The first kappa shape index (κ1) is 11.7. The van der Waals surface area contributed by atoms with Crippen LogP contribution in [0.25, 0.3) is 0 Å². The predicted octanol–water partition coefficient (Wildman–Crippen LogP) is 2.85. The molecule has 90 valence electrons. The summed E-state index contributed by atoms with van der Waals surface area (Å²) in [6.45, 7) is 6.55. The number of hydrogen-bond donors (Lipinski definition) is 1. The van der Waals surface area contributed by atoms with Crippen molar-refractivity contribution in [1.29, 1.82) is 0 Å². The summed E-state index contributed by atoms with van der Waals surface area (Å²) >= 11 is 0. The second kappa shape index (κ2) is 4.62. The molecular weight excluding hydrogens is 214 g/mol. The van der Waals surface area contributed by atoms with Gasteiger partial charge < -0.3 is 10.0 Å². The Hall–Kier alpha value is -1.77. The highest BCUT2D eigenvalue weighted by atomic mass is 16.4. The third-order valence-corrected chi connectivity index (χ3v) is 3.07. The zero-order valence-corrected chi connectivity index (χ0v) is 10.0. The summed E-state index contributed by atoms with van der Waals surface area (Å²) in [5.74, 6) is -0.874. The molecule has 0 unspecified atom stereocenters. The minimum absolute atomic E-state index is 0.348. The number of carboxylic acid groups (broad SMARTS) is 1. The van der Waals surface area contributed by atoms with Crippen LogP contribution in [0.1, 0.15) is 28.8 Å². The summed E-state index contributed by atoms with van der Waals surface area (Å²) in [6.07, 6.45) is 4.32. The monoisotopic (exact) mass is 231 g/mol. The van der Waals surface area contributed by atoms with E-state index >= 15 is 0 Å². The number of anilines is 1. The van der Waals surface area contributed by atoms with Gasteiger partial charge in [-0.2, -0.15) is 0 Å². The van der Waals surface area contributed by atoms with E-state index in [2.05, 4.69) is 11.5 Å². The maximum absolute atomic E-state index is 10.9. The lowest BCUT2D eigenvalue weighted by Gasteiger charge is -2.25. The van der Waals surface area contributed by atoms with Crippen molar-refractivity contribution in [3.63, 3.8) is 0 Å². The van der Waals surface area contributed by atoms with Crippen LogP contribution in [0.15, 0.2) is 30.9 Å². The Bertz CT molecular complexity index is 450. The van der Waals surface area contributed by atoms with Gasteiger partial charge in [-0.25, -0.2) is 4.79 Å². The SMILES string of the molecule is C=CCN(c1ccc(C(=O)O)cc1C)C1CC1. The zero-order valence-electron chi connectivity index (χ0n) is 10.0. The zero-order chi connectivity index (χ0) is 12.4. The fourth-order valence-corrected chi connectivity index (χ4v) is 2.08.